The van der Waals surface area contributed by atoms with Gasteiger partial charge in [0.1, 0.15) is 6.61 Å². The maximum atomic E-state index is 12.1. The van der Waals surface area contributed by atoms with Gasteiger partial charge in [-0.3, -0.25) is 4.79 Å². The molecule has 3 nitrogen and oxygen atoms in total. The average Bonchev–Trinajstić information content (AvgIpc) is 2.45. The van der Waals surface area contributed by atoms with Crippen molar-refractivity contribution in [3.63, 3.8) is 0 Å². The number of aryl methyl sites for hydroxylation is 1. The van der Waals surface area contributed by atoms with Crippen LogP contribution in [0.15, 0.2) is 42.5 Å². The van der Waals surface area contributed by atoms with Crippen molar-refractivity contribution < 1.29 is 9.90 Å². The molecule has 0 bridgehead atoms. The largest absolute Gasteiger partial charge is 0.384 e. The molecular formula is C17H14ClNO2. The molecule has 0 spiro atoms. The van der Waals surface area contributed by atoms with E-state index >= 15 is 0 Å². The smallest absolute Gasteiger partial charge is 0.255 e. The maximum Gasteiger partial charge on any atom is 0.255 e. The van der Waals surface area contributed by atoms with Crippen LogP contribution in [0.2, 0.25) is 5.02 Å². The molecule has 2 rings (SSSR count). The summed E-state index contributed by atoms with van der Waals surface area (Å²) < 4.78 is 0. The first kappa shape index (κ1) is 15.1. The number of carbonyl (C=O) groups excluding carboxylic acids is 1. The van der Waals surface area contributed by atoms with Crippen molar-refractivity contribution in [2.24, 2.45) is 0 Å². The van der Waals surface area contributed by atoms with Gasteiger partial charge in [0.15, 0.2) is 0 Å². The molecule has 1 amide bonds. The summed E-state index contributed by atoms with van der Waals surface area (Å²) >= 11 is 5.80. The molecule has 0 saturated carbocycles. The van der Waals surface area contributed by atoms with Gasteiger partial charge in [0.2, 0.25) is 0 Å². The van der Waals surface area contributed by atoms with Crippen LogP contribution in [0.1, 0.15) is 21.5 Å². The summed E-state index contributed by atoms with van der Waals surface area (Å²) in [6.45, 7) is 1.72. The Hall–Kier alpha value is -2.28. The van der Waals surface area contributed by atoms with E-state index in [2.05, 4.69) is 17.2 Å². The zero-order valence-corrected chi connectivity index (χ0v) is 12.2. The molecular weight excluding hydrogens is 286 g/mol. The summed E-state index contributed by atoms with van der Waals surface area (Å²) in [5.74, 6) is 5.21. The summed E-state index contributed by atoms with van der Waals surface area (Å²) in [7, 11) is 0. The lowest BCUT2D eigenvalue weighted by atomic mass is 10.1. The summed E-state index contributed by atoms with van der Waals surface area (Å²) in [4.78, 5) is 12.1. The zero-order valence-electron chi connectivity index (χ0n) is 11.5. The minimum absolute atomic E-state index is 0.194. The first-order chi connectivity index (χ1) is 10.1. The molecule has 0 saturated heterocycles. The van der Waals surface area contributed by atoms with Crippen LogP contribution >= 0.6 is 11.6 Å². The van der Waals surface area contributed by atoms with E-state index in [1.165, 1.54) is 0 Å². The normalized spacial score (nSPS) is 9.67. The SMILES string of the molecule is Cc1cc(C#CCO)cc(NC(=O)c2ccc(Cl)cc2)c1. The van der Waals surface area contributed by atoms with E-state index in [-0.39, 0.29) is 12.5 Å². The second kappa shape index (κ2) is 6.94. The van der Waals surface area contributed by atoms with Crippen LogP contribution < -0.4 is 5.32 Å². The molecule has 2 N–H and O–H groups in total. The first-order valence-electron chi connectivity index (χ1n) is 6.37. The molecule has 106 valence electrons. The average molecular weight is 300 g/mol. The topological polar surface area (TPSA) is 49.3 Å². The van der Waals surface area contributed by atoms with Gasteiger partial charge in [-0.1, -0.05) is 23.4 Å². The Morgan fingerprint density at radius 2 is 1.95 bits per heavy atom. The van der Waals surface area contributed by atoms with Crippen molar-refractivity contribution in [3.05, 3.63) is 64.2 Å². The highest BCUT2D eigenvalue weighted by Gasteiger charge is 2.06. The Kier molecular flexibility index (Phi) is 4.99. The second-order valence-corrected chi connectivity index (χ2v) is 4.95. The van der Waals surface area contributed by atoms with Crippen LogP contribution in [0.25, 0.3) is 0 Å². The van der Waals surface area contributed by atoms with Gasteiger partial charge in [-0.05, 0) is 55.0 Å². The lowest BCUT2D eigenvalue weighted by Crippen LogP contribution is -2.11. The highest BCUT2D eigenvalue weighted by atomic mass is 35.5. The Balaban J connectivity index is 2.20. The fourth-order valence-electron chi connectivity index (χ4n) is 1.87. The molecule has 0 aliphatic rings. The Morgan fingerprint density at radius 1 is 1.24 bits per heavy atom. The molecule has 2 aromatic carbocycles. The van der Waals surface area contributed by atoms with Crippen LogP contribution in [0.4, 0.5) is 5.69 Å². The van der Waals surface area contributed by atoms with E-state index in [0.717, 1.165) is 11.1 Å². The number of halogens is 1. The Morgan fingerprint density at radius 3 is 2.62 bits per heavy atom. The third-order valence-electron chi connectivity index (χ3n) is 2.75. The van der Waals surface area contributed by atoms with Crippen LogP contribution in [0.5, 0.6) is 0 Å². The Bertz CT molecular complexity index is 712. The fourth-order valence-corrected chi connectivity index (χ4v) is 2.00. The Labute approximate surface area is 128 Å². The van der Waals surface area contributed by atoms with Crippen molar-refractivity contribution in [2.75, 3.05) is 11.9 Å². The number of amides is 1. The summed E-state index contributed by atoms with van der Waals surface area (Å²) in [5.41, 5.74) is 2.92. The number of carbonyl (C=O) groups is 1. The molecule has 0 aliphatic carbocycles. The minimum Gasteiger partial charge on any atom is -0.384 e. The maximum absolute atomic E-state index is 12.1. The predicted molar refractivity (Wildman–Crippen MR) is 84.5 cm³/mol. The molecule has 0 fully saturated rings. The fraction of sp³-hybridized carbons (Fsp3) is 0.118. The van der Waals surface area contributed by atoms with Gasteiger partial charge in [-0.25, -0.2) is 0 Å². The molecule has 4 heteroatoms. The van der Waals surface area contributed by atoms with E-state index < -0.39 is 0 Å². The first-order valence-corrected chi connectivity index (χ1v) is 6.74. The van der Waals surface area contributed by atoms with Gasteiger partial charge in [-0.15, -0.1) is 0 Å². The van der Waals surface area contributed by atoms with Crippen LogP contribution in [-0.4, -0.2) is 17.6 Å². The number of hydrogen-bond donors (Lipinski definition) is 2. The molecule has 0 aromatic heterocycles. The summed E-state index contributed by atoms with van der Waals surface area (Å²) in [5, 5.41) is 12.1. The molecule has 21 heavy (non-hydrogen) atoms. The molecule has 0 radical (unpaired) electrons. The number of nitrogens with one attached hydrogen (secondary N) is 1. The van der Waals surface area contributed by atoms with Crippen LogP contribution in [-0.2, 0) is 0 Å². The third kappa shape index (κ3) is 4.35. The van der Waals surface area contributed by atoms with E-state index in [4.69, 9.17) is 16.7 Å². The van der Waals surface area contributed by atoms with E-state index in [9.17, 15) is 4.79 Å². The van der Waals surface area contributed by atoms with Gasteiger partial charge in [0.05, 0.1) is 0 Å². The summed E-state index contributed by atoms with van der Waals surface area (Å²) in [6.07, 6.45) is 0. The number of aliphatic hydroxyl groups is 1. The standard InChI is InChI=1S/C17H14ClNO2/c1-12-9-13(3-2-8-20)11-16(10-12)19-17(21)14-4-6-15(18)7-5-14/h4-7,9-11,20H,8H2,1H3,(H,19,21). The number of aliphatic hydroxyl groups excluding tert-OH is 1. The molecule has 0 unspecified atom stereocenters. The van der Waals surface area contributed by atoms with E-state index in [1.807, 2.05) is 19.1 Å². The quantitative estimate of drug-likeness (QED) is 0.836. The van der Waals surface area contributed by atoms with Crippen molar-refractivity contribution >= 4 is 23.2 Å². The monoisotopic (exact) mass is 299 g/mol. The number of benzene rings is 2. The van der Waals surface area contributed by atoms with Crippen molar-refractivity contribution in [2.45, 2.75) is 6.92 Å². The molecule has 0 aliphatic heterocycles. The van der Waals surface area contributed by atoms with Gasteiger partial charge in [0, 0.05) is 21.8 Å². The molecule has 2 aromatic rings. The zero-order chi connectivity index (χ0) is 15.2. The van der Waals surface area contributed by atoms with Gasteiger partial charge >= 0.3 is 0 Å². The van der Waals surface area contributed by atoms with Crippen molar-refractivity contribution in [1.29, 1.82) is 0 Å². The lowest BCUT2D eigenvalue weighted by molar-refractivity contribution is 0.102. The highest BCUT2D eigenvalue weighted by Crippen LogP contribution is 2.16. The minimum atomic E-state index is -0.210. The lowest BCUT2D eigenvalue weighted by Gasteiger charge is -2.07. The van der Waals surface area contributed by atoms with Gasteiger partial charge in [0.25, 0.3) is 5.91 Å². The third-order valence-corrected chi connectivity index (χ3v) is 3.01. The predicted octanol–water partition coefficient (Wildman–Crippen LogP) is 3.24. The second-order valence-electron chi connectivity index (χ2n) is 4.51. The summed E-state index contributed by atoms with van der Waals surface area (Å²) in [6, 6.07) is 12.2. The van der Waals surface area contributed by atoms with E-state index in [0.29, 0.717) is 16.3 Å². The van der Waals surface area contributed by atoms with Gasteiger partial charge < -0.3 is 10.4 Å². The van der Waals surface area contributed by atoms with Crippen LogP contribution in [0.3, 0.4) is 0 Å². The number of hydrogen-bond acceptors (Lipinski definition) is 2. The van der Waals surface area contributed by atoms with Crippen LogP contribution in [0, 0.1) is 18.8 Å². The van der Waals surface area contributed by atoms with E-state index in [1.54, 1.807) is 30.3 Å². The molecule has 0 atom stereocenters. The van der Waals surface area contributed by atoms with Crippen molar-refractivity contribution in [3.8, 4) is 11.8 Å². The highest BCUT2D eigenvalue weighted by molar-refractivity contribution is 6.30. The van der Waals surface area contributed by atoms with Crippen molar-refractivity contribution in [1.82, 2.24) is 0 Å². The number of rotatable bonds is 2. The van der Waals surface area contributed by atoms with Gasteiger partial charge in [-0.2, -0.15) is 0 Å². The number of anilines is 1. The molecule has 0 heterocycles.